The van der Waals surface area contributed by atoms with Gasteiger partial charge in [0.2, 0.25) is 5.13 Å². The van der Waals surface area contributed by atoms with E-state index in [1.807, 2.05) is 0 Å². The van der Waals surface area contributed by atoms with E-state index in [0.29, 0.717) is 0 Å². The molecule has 0 fully saturated rings. The molecule has 5 heteroatoms. The first-order chi connectivity index (χ1) is 7.18. The summed E-state index contributed by atoms with van der Waals surface area (Å²) in [5.41, 5.74) is 0.0722. The quantitative estimate of drug-likeness (QED) is 0.801. The van der Waals surface area contributed by atoms with Gasteiger partial charge in [0.1, 0.15) is 5.82 Å². The Morgan fingerprint density at radius 2 is 1.81 bits per heavy atom. The minimum atomic E-state index is 0.0220. The molecule has 0 aliphatic heterocycles. The molecule has 0 N–H and O–H groups in total. The normalized spacial score (nSPS) is 12.9. The highest BCUT2D eigenvalue weighted by Crippen LogP contribution is 2.29. The van der Waals surface area contributed by atoms with Gasteiger partial charge in [-0.05, 0) is 13.8 Å². The van der Waals surface area contributed by atoms with Gasteiger partial charge in [-0.2, -0.15) is 4.37 Å². The number of halogens is 1. The Morgan fingerprint density at radius 1 is 1.25 bits per heavy atom. The molecule has 16 heavy (non-hydrogen) atoms. The average molecular weight is 306 g/mol. The summed E-state index contributed by atoms with van der Waals surface area (Å²) in [7, 11) is 2.06. The molecule has 0 spiro atoms. The SMILES string of the molecule is CN(c1nc(C(C)(C)C)ns1)C(C)(C)CBr. The van der Waals surface area contributed by atoms with Crippen LogP contribution >= 0.6 is 27.5 Å². The van der Waals surface area contributed by atoms with E-state index in [1.54, 1.807) is 0 Å². The highest BCUT2D eigenvalue weighted by molar-refractivity contribution is 9.09. The van der Waals surface area contributed by atoms with Crippen molar-refractivity contribution < 1.29 is 0 Å². The van der Waals surface area contributed by atoms with E-state index in [2.05, 4.69) is 71.9 Å². The first-order valence-electron chi connectivity index (χ1n) is 5.32. The maximum absolute atomic E-state index is 4.61. The number of anilines is 1. The predicted octanol–water partition coefficient (Wildman–Crippen LogP) is 3.45. The number of nitrogens with zero attached hydrogens (tertiary/aromatic N) is 3. The minimum absolute atomic E-state index is 0.0220. The molecular formula is C11H20BrN3S. The first-order valence-corrected chi connectivity index (χ1v) is 7.22. The lowest BCUT2D eigenvalue weighted by atomic mass is 9.96. The standard InChI is InChI=1S/C11H20BrN3S/c1-10(2,3)8-13-9(16-14-8)15(6)11(4,5)7-12/h7H2,1-6H3. The van der Waals surface area contributed by atoms with Crippen LogP contribution in [0.1, 0.15) is 40.4 Å². The molecule has 1 rings (SSSR count). The van der Waals surface area contributed by atoms with Crippen molar-refractivity contribution >= 4 is 32.6 Å². The maximum atomic E-state index is 4.61. The van der Waals surface area contributed by atoms with Gasteiger partial charge in [0, 0.05) is 34.9 Å². The number of alkyl halides is 1. The Bertz CT molecular complexity index is 354. The van der Waals surface area contributed by atoms with Crippen molar-refractivity contribution in [3.8, 4) is 0 Å². The van der Waals surface area contributed by atoms with Gasteiger partial charge in [-0.25, -0.2) is 4.98 Å². The van der Waals surface area contributed by atoms with E-state index in [9.17, 15) is 0 Å². The van der Waals surface area contributed by atoms with E-state index in [4.69, 9.17) is 0 Å². The van der Waals surface area contributed by atoms with Crippen LogP contribution in [0.25, 0.3) is 0 Å². The average Bonchev–Trinajstić information content (AvgIpc) is 2.64. The Labute approximate surface area is 111 Å². The second-order valence-electron chi connectivity index (χ2n) is 5.66. The molecule has 92 valence electrons. The van der Waals surface area contributed by atoms with Crippen LogP contribution in [0.2, 0.25) is 0 Å². The second-order valence-corrected chi connectivity index (χ2v) is 6.95. The number of rotatable bonds is 3. The van der Waals surface area contributed by atoms with E-state index in [-0.39, 0.29) is 11.0 Å². The van der Waals surface area contributed by atoms with E-state index < -0.39 is 0 Å². The van der Waals surface area contributed by atoms with E-state index in [1.165, 1.54) is 11.5 Å². The Kier molecular flexibility index (Phi) is 4.00. The third kappa shape index (κ3) is 2.94. The van der Waals surface area contributed by atoms with Crippen molar-refractivity contribution in [3.05, 3.63) is 5.82 Å². The summed E-state index contributed by atoms with van der Waals surface area (Å²) in [6.45, 7) is 10.8. The molecular weight excluding hydrogens is 286 g/mol. The van der Waals surface area contributed by atoms with E-state index >= 15 is 0 Å². The highest BCUT2D eigenvalue weighted by Gasteiger charge is 2.27. The number of hydrogen-bond donors (Lipinski definition) is 0. The fourth-order valence-electron chi connectivity index (χ4n) is 1.00. The summed E-state index contributed by atoms with van der Waals surface area (Å²) < 4.78 is 4.43. The van der Waals surface area contributed by atoms with Crippen molar-refractivity contribution in [2.75, 3.05) is 17.3 Å². The molecule has 0 unspecified atom stereocenters. The fourth-order valence-corrected chi connectivity index (χ4v) is 2.36. The molecule has 1 aromatic heterocycles. The van der Waals surface area contributed by atoms with Gasteiger partial charge < -0.3 is 4.90 Å². The minimum Gasteiger partial charge on any atom is -0.344 e. The first kappa shape index (κ1) is 13.9. The van der Waals surface area contributed by atoms with Crippen LogP contribution in [0, 0.1) is 0 Å². The van der Waals surface area contributed by atoms with Crippen molar-refractivity contribution in [2.45, 2.75) is 45.6 Å². The topological polar surface area (TPSA) is 29.0 Å². The lowest BCUT2D eigenvalue weighted by Crippen LogP contribution is -2.42. The summed E-state index contributed by atoms with van der Waals surface area (Å²) in [5, 5.41) is 1.88. The molecule has 0 saturated heterocycles. The summed E-state index contributed by atoms with van der Waals surface area (Å²) >= 11 is 5.00. The van der Waals surface area contributed by atoms with Crippen LogP contribution in [-0.2, 0) is 5.41 Å². The molecule has 0 saturated carbocycles. The molecule has 1 heterocycles. The number of aromatic nitrogens is 2. The van der Waals surface area contributed by atoms with Crippen LogP contribution < -0.4 is 4.90 Å². The van der Waals surface area contributed by atoms with Gasteiger partial charge in [-0.15, -0.1) is 0 Å². The highest BCUT2D eigenvalue weighted by atomic mass is 79.9. The molecule has 3 nitrogen and oxygen atoms in total. The van der Waals surface area contributed by atoms with Gasteiger partial charge in [0.05, 0.1) is 0 Å². The third-order valence-electron chi connectivity index (χ3n) is 2.61. The van der Waals surface area contributed by atoms with Crippen molar-refractivity contribution in [3.63, 3.8) is 0 Å². The molecule has 0 aliphatic rings. The summed E-state index contributed by atoms with van der Waals surface area (Å²) in [5.74, 6) is 0.921. The Balaban J connectivity index is 2.95. The van der Waals surface area contributed by atoms with Crippen LogP contribution in [0.15, 0.2) is 0 Å². The van der Waals surface area contributed by atoms with Gasteiger partial charge in [-0.1, -0.05) is 36.7 Å². The molecule has 0 amide bonds. The molecule has 0 bridgehead atoms. The lowest BCUT2D eigenvalue weighted by molar-refractivity contribution is 0.537. The molecule has 0 aliphatic carbocycles. The number of hydrogen-bond acceptors (Lipinski definition) is 4. The summed E-state index contributed by atoms with van der Waals surface area (Å²) in [4.78, 5) is 6.78. The largest absolute Gasteiger partial charge is 0.344 e. The van der Waals surface area contributed by atoms with Gasteiger partial charge in [0.25, 0.3) is 0 Å². The monoisotopic (exact) mass is 305 g/mol. The Hall–Kier alpha value is -0.160. The third-order valence-corrected chi connectivity index (χ3v) is 4.77. The molecule has 0 radical (unpaired) electrons. The molecule has 0 atom stereocenters. The molecule has 1 aromatic rings. The van der Waals surface area contributed by atoms with Gasteiger partial charge in [-0.3, -0.25) is 0 Å². The van der Waals surface area contributed by atoms with Crippen LogP contribution in [0.5, 0.6) is 0 Å². The van der Waals surface area contributed by atoms with Crippen LogP contribution in [0.4, 0.5) is 5.13 Å². The van der Waals surface area contributed by atoms with E-state index in [0.717, 1.165) is 16.3 Å². The van der Waals surface area contributed by atoms with Gasteiger partial charge >= 0.3 is 0 Å². The zero-order valence-electron chi connectivity index (χ0n) is 10.8. The van der Waals surface area contributed by atoms with Crippen molar-refractivity contribution in [1.29, 1.82) is 0 Å². The van der Waals surface area contributed by atoms with Gasteiger partial charge in [0.15, 0.2) is 0 Å². The maximum Gasteiger partial charge on any atom is 0.205 e. The van der Waals surface area contributed by atoms with Crippen LogP contribution in [0.3, 0.4) is 0 Å². The van der Waals surface area contributed by atoms with Crippen molar-refractivity contribution in [1.82, 2.24) is 9.36 Å². The molecule has 0 aromatic carbocycles. The van der Waals surface area contributed by atoms with Crippen molar-refractivity contribution in [2.24, 2.45) is 0 Å². The van der Waals surface area contributed by atoms with Crippen LogP contribution in [-0.4, -0.2) is 27.3 Å². The zero-order valence-corrected chi connectivity index (χ0v) is 13.2. The second kappa shape index (κ2) is 4.61. The summed E-state index contributed by atoms with van der Waals surface area (Å²) in [6.07, 6.45) is 0. The summed E-state index contributed by atoms with van der Waals surface area (Å²) in [6, 6.07) is 0. The Morgan fingerprint density at radius 3 is 2.19 bits per heavy atom. The smallest absolute Gasteiger partial charge is 0.205 e. The zero-order chi connectivity index (χ0) is 12.6. The predicted molar refractivity (Wildman–Crippen MR) is 74.9 cm³/mol. The fraction of sp³-hybridized carbons (Fsp3) is 0.818. The lowest BCUT2D eigenvalue weighted by Gasteiger charge is -2.33.